The molecule has 0 bridgehead atoms. The van der Waals surface area contributed by atoms with Crippen LogP contribution in [0.2, 0.25) is 10.0 Å². The SMILES string of the molecule is CCNC(Cc1ccc(Cl)c(Cl)c1)c1ccncc1OC. The Kier molecular flexibility index (Phi) is 5.85. The van der Waals surface area contributed by atoms with Crippen LogP contribution in [0.3, 0.4) is 0 Å². The van der Waals surface area contributed by atoms with Gasteiger partial charge in [-0.25, -0.2) is 0 Å². The predicted molar refractivity (Wildman–Crippen MR) is 87.4 cm³/mol. The number of halogens is 2. The molecule has 0 saturated carbocycles. The van der Waals surface area contributed by atoms with Crippen LogP contribution in [0.5, 0.6) is 5.75 Å². The third kappa shape index (κ3) is 4.10. The molecule has 3 nitrogen and oxygen atoms in total. The van der Waals surface area contributed by atoms with Gasteiger partial charge in [0.05, 0.1) is 23.4 Å². The van der Waals surface area contributed by atoms with Crippen molar-refractivity contribution in [3.8, 4) is 5.75 Å². The van der Waals surface area contributed by atoms with E-state index in [1.807, 2.05) is 24.3 Å². The first-order chi connectivity index (χ1) is 10.2. The average molecular weight is 325 g/mol. The molecule has 1 N–H and O–H groups in total. The topological polar surface area (TPSA) is 34.2 Å². The molecule has 2 aromatic rings. The monoisotopic (exact) mass is 324 g/mol. The molecule has 0 saturated heterocycles. The standard InChI is InChI=1S/C16H18Cl2N2O/c1-3-20-15(12-6-7-19-10-16(12)21-2)9-11-4-5-13(17)14(18)8-11/h4-8,10,15,20H,3,9H2,1-2H3. The van der Waals surface area contributed by atoms with Crippen molar-refractivity contribution in [1.29, 1.82) is 0 Å². The van der Waals surface area contributed by atoms with Crippen molar-refractivity contribution < 1.29 is 4.74 Å². The van der Waals surface area contributed by atoms with E-state index in [1.54, 1.807) is 19.5 Å². The lowest BCUT2D eigenvalue weighted by atomic mass is 9.99. The Morgan fingerprint density at radius 1 is 1.24 bits per heavy atom. The smallest absolute Gasteiger partial charge is 0.141 e. The van der Waals surface area contributed by atoms with E-state index in [0.717, 1.165) is 29.8 Å². The summed E-state index contributed by atoms with van der Waals surface area (Å²) >= 11 is 12.1. The third-order valence-corrected chi connectivity index (χ3v) is 4.03. The summed E-state index contributed by atoms with van der Waals surface area (Å²) in [6.07, 6.45) is 4.30. The van der Waals surface area contributed by atoms with Crippen molar-refractivity contribution in [3.05, 3.63) is 57.8 Å². The van der Waals surface area contributed by atoms with Gasteiger partial charge >= 0.3 is 0 Å². The maximum atomic E-state index is 6.09. The summed E-state index contributed by atoms with van der Waals surface area (Å²) in [4.78, 5) is 4.10. The summed E-state index contributed by atoms with van der Waals surface area (Å²) in [5, 5.41) is 4.62. The molecule has 112 valence electrons. The van der Waals surface area contributed by atoms with Gasteiger partial charge in [-0.05, 0) is 36.7 Å². The van der Waals surface area contributed by atoms with E-state index in [-0.39, 0.29) is 6.04 Å². The number of hydrogen-bond acceptors (Lipinski definition) is 3. The molecule has 1 unspecified atom stereocenters. The number of methoxy groups -OCH3 is 1. The van der Waals surface area contributed by atoms with Gasteiger partial charge in [-0.2, -0.15) is 0 Å². The maximum Gasteiger partial charge on any atom is 0.141 e. The van der Waals surface area contributed by atoms with E-state index in [0.29, 0.717) is 10.0 Å². The van der Waals surface area contributed by atoms with E-state index in [1.165, 1.54) is 0 Å². The van der Waals surface area contributed by atoms with E-state index in [4.69, 9.17) is 27.9 Å². The highest BCUT2D eigenvalue weighted by atomic mass is 35.5. The van der Waals surface area contributed by atoms with Gasteiger partial charge < -0.3 is 10.1 Å². The molecule has 0 aliphatic carbocycles. The Hall–Kier alpha value is -1.29. The number of nitrogens with zero attached hydrogens (tertiary/aromatic N) is 1. The Balaban J connectivity index is 2.28. The van der Waals surface area contributed by atoms with E-state index >= 15 is 0 Å². The fourth-order valence-electron chi connectivity index (χ4n) is 2.29. The van der Waals surface area contributed by atoms with E-state index < -0.39 is 0 Å². The summed E-state index contributed by atoms with van der Waals surface area (Å²) < 4.78 is 5.40. The van der Waals surface area contributed by atoms with Gasteiger partial charge in [0, 0.05) is 17.8 Å². The number of likely N-dealkylation sites (N-methyl/N-ethyl adjacent to an activating group) is 1. The van der Waals surface area contributed by atoms with Gasteiger partial charge in [-0.15, -0.1) is 0 Å². The van der Waals surface area contributed by atoms with Gasteiger partial charge in [0.25, 0.3) is 0 Å². The molecule has 1 aromatic carbocycles. The molecule has 0 aliphatic heterocycles. The number of aromatic nitrogens is 1. The van der Waals surface area contributed by atoms with Crippen molar-refractivity contribution in [2.75, 3.05) is 13.7 Å². The number of benzene rings is 1. The van der Waals surface area contributed by atoms with Crippen LogP contribution >= 0.6 is 23.2 Å². The number of rotatable bonds is 6. The van der Waals surface area contributed by atoms with Crippen LogP contribution < -0.4 is 10.1 Å². The number of ether oxygens (including phenoxy) is 1. The van der Waals surface area contributed by atoms with Crippen LogP contribution in [-0.4, -0.2) is 18.6 Å². The summed E-state index contributed by atoms with van der Waals surface area (Å²) in [6.45, 7) is 2.94. The Morgan fingerprint density at radius 2 is 2.05 bits per heavy atom. The van der Waals surface area contributed by atoms with Gasteiger partial charge in [-0.3, -0.25) is 4.98 Å². The van der Waals surface area contributed by atoms with Crippen LogP contribution in [-0.2, 0) is 6.42 Å². The molecule has 0 radical (unpaired) electrons. The summed E-state index contributed by atoms with van der Waals surface area (Å²) in [6, 6.07) is 7.83. The fraction of sp³-hybridized carbons (Fsp3) is 0.312. The Morgan fingerprint density at radius 3 is 2.71 bits per heavy atom. The molecule has 0 fully saturated rings. The molecule has 0 amide bonds. The first-order valence-electron chi connectivity index (χ1n) is 6.81. The normalized spacial score (nSPS) is 12.2. The minimum atomic E-state index is 0.130. The predicted octanol–water partition coefficient (Wildman–Crippen LogP) is 4.29. The second-order valence-corrected chi connectivity index (χ2v) is 5.49. The van der Waals surface area contributed by atoms with Crippen LogP contribution in [0.25, 0.3) is 0 Å². The molecular weight excluding hydrogens is 307 g/mol. The lowest BCUT2D eigenvalue weighted by Crippen LogP contribution is -2.23. The highest BCUT2D eigenvalue weighted by molar-refractivity contribution is 6.42. The molecule has 21 heavy (non-hydrogen) atoms. The minimum Gasteiger partial charge on any atom is -0.495 e. The molecule has 1 heterocycles. The highest BCUT2D eigenvalue weighted by Crippen LogP contribution is 2.29. The first-order valence-corrected chi connectivity index (χ1v) is 7.56. The van der Waals surface area contributed by atoms with E-state index in [9.17, 15) is 0 Å². The number of hydrogen-bond donors (Lipinski definition) is 1. The molecular formula is C16H18Cl2N2O. The second-order valence-electron chi connectivity index (χ2n) is 4.68. The Bertz CT molecular complexity index is 605. The largest absolute Gasteiger partial charge is 0.495 e. The summed E-state index contributed by atoms with van der Waals surface area (Å²) in [5.41, 5.74) is 2.20. The van der Waals surface area contributed by atoms with E-state index in [2.05, 4.69) is 17.2 Å². The molecule has 1 aromatic heterocycles. The zero-order valence-electron chi connectivity index (χ0n) is 12.1. The highest BCUT2D eigenvalue weighted by Gasteiger charge is 2.16. The van der Waals surface area contributed by atoms with Crippen molar-refractivity contribution in [3.63, 3.8) is 0 Å². The zero-order chi connectivity index (χ0) is 15.2. The van der Waals surface area contributed by atoms with Crippen LogP contribution in [0, 0.1) is 0 Å². The van der Waals surface area contributed by atoms with Crippen LogP contribution in [0.1, 0.15) is 24.1 Å². The van der Waals surface area contributed by atoms with Crippen molar-refractivity contribution in [1.82, 2.24) is 10.3 Å². The number of pyridine rings is 1. The molecule has 0 spiro atoms. The van der Waals surface area contributed by atoms with Gasteiger partial charge in [0.15, 0.2) is 0 Å². The third-order valence-electron chi connectivity index (χ3n) is 3.29. The second kappa shape index (κ2) is 7.64. The maximum absolute atomic E-state index is 6.09. The average Bonchev–Trinajstić information content (AvgIpc) is 2.50. The quantitative estimate of drug-likeness (QED) is 0.860. The Labute approximate surface area is 135 Å². The minimum absolute atomic E-state index is 0.130. The summed E-state index contributed by atoms with van der Waals surface area (Å²) in [7, 11) is 1.66. The van der Waals surface area contributed by atoms with Gasteiger partial charge in [-0.1, -0.05) is 36.2 Å². The fourth-order valence-corrected chi connectivity index (χ4v) is 2.61. The van der Waals surface area contributed by atoms with Crippen LogP contribution in [0.4, 0.5) is 0 Å². The molecule has 0 aliphatic rings. The van der Waals surface area contributed by atoms with Crippen molar-refractivity contribution in [2.24, 2.45) is 0 Å². The summed E-state index contributed by atoms with van der Waals surface area (Å²) in [5.74, 6) is 0.781. The van der Waals surface area contributed by atoms with Crippen molar-refractivity contribution >= 4 is 23.2 Å². The lowest BCUT2D eigenvalue weighted by Gasteiger charge is -2.20. The van der Waals surface area contributed by atoms with Crippen molar-refractivity contribution in [2.45, 2.75) is 19.4 Å². The van der Waals surface area contributed by atoms with Crippen LogP contribution in [0.15, 0.2) is 36.7 Å². The lowest BCUT2D eigenvalue weighted by molar-refractivity contribution is 0.397. The van der Waals surface area contributed by atoms with Gasteiger partial charge in [0.2, 0.25) is 0 Å². The van der Waals surface area contributed by atoms with Gasteiger partial charge in [0.1, 0.15) is 5.75 Å². The molecule has 5 heteroatoms. The first kappa shape index (κ1) is 16.1. The molecule has 2 rings (SSSR count). The number of nitrogens with one attached hydrogen (secondary N) is 1. The molecule has 1 atom stereocenters. The zero-order valence-corrected chi connectivity index (χ0v) is 13.6.